The van der Waals surface area contributed by atoms with E-state index in [-0.39, 0.29) is 0 Å². The number of benzene rings is 1. The van der Waals surface area contributed by atoms with Crippen LogP contribution in [0.4, 0.5) is 0 Å². The molecule has 66 valence electrons. The van der Waals surface area contributed by atoms with Gasteiger partial charge in [-0.2, -0.15) is 0 Å². The molecule has 0 saturated carbocycles. The Morgan fingerprint density at radius 3 is 2.92 bits per heavy atom. The van der Waals surface area contributed by atoms with Crippen LogP contribution in [0.5, 0.6) is 0 Å². The van der Waals surface area contributed by atoms with Crippen LogP contribution in [0.1, 0.15) is 5.56 Å². The monoisotopic (exact) mass is 174 g/mol. The average molecular weight is 174 g/mol. The topological polar surface area (TPSA) is 34.0 Å². The predicted octanol–water partition coefficient (Wildman–Crippen LogP) is 1.65. The van der Waals surface area contributed by atoms with Gasteiger partial charge in [0.2, 0.25) is 6.41 Å². The van der Waals surface area contributed by atoms with Gasteiger partial charge in [0.15, 0.2) is 0 Å². The third kappa shape index (κ3) is 1.18. The van der Waals surface area contributed by atoms with Crippen molar-refractivity contribution >= 4 is 17.3 Å². The molecule has 3 nitrogen and oxygen atoms in total. The molecule has 1 aromatic heterocycles. The molecule has 1 heterocycles. The summed E-state index contributed by atoms with van der Waals surface area (Å²) in [6.45, 7) is 2.02. The Morgan fingerprint density at radius 2 is 2.15 bits per heavy atom. The van der Waals surface area contributed by atoms with E-state index in [2.05, 4.69) is 5.43 Å². The molecule has 1 N–H and O–H groups in total. The number of carbonyl (C=O) groups is 1. The molecule has 2 aromatic rings. The molecule has 0 atom stereocenters. The lowest BCUT2D eigenvalue weighted by Gasteiger charge is -2.00. The number of nitrogens with one attached hydrogen (secondary N) is 1. The summed E-state index contributed by atoms with van der Waals surface area (Å²) in [6, 6.07) is 7.94. The minimum atomic E-state index is 0.673. The summed E-state index contributed by atoms with van der Waals surface area (Å²) in [7, 11) is 0. The zero-order valence-electron chi connectivity index (χ0n) is 7.32. The van der Waals surface area contributed by atoms with Gasteiger partial charge in [0.1, 0.15) is 0 Å². The maximum atomic E-state index is 10.3. The van der Waals surface area contributed by atoms with Gasteiger partial charge in [0.25, 0.3) is 0 Å². The van der Waals surface area contributed by atoms with Crippen molar-refractivity contribution in [1.82, 2.24) is 4.68 Å². The summed E-state index contributed by atoms with van der Waals surface area (Å²) in [5.41, 5.74) is 4.79. The zero-order valence-corrected chi connectivity index (χ0v) is 7.32. The van der Waals surface area contributed by atoms with Crippen molar-refractivity contribution in [1.29, 1.82) is 0 Å². The number of hydrogen-bond donors (Lipinski definition) is 1. The molecular formula is C10H10N2O. The number of hydrogen-bond acceptors (Lipinski definition) is 1. The average Bonchev–Trinajstić information content (AvgIpc) is 2.46. The lowest BCUT2D eigenvalue weighted by molar-refractivity contribution is -0.106. The standard InChI is InChI=1S/C10H10N2O/c1-8-6-12(11-7-13)10-5-3-2-4-9(8)10/h2-7H,1H3,(H,11,13). The predicted molar refractivity (Wildman–Crippen MR) is 52.1 cm³/mol. The molecule has 0 aliphatic carbocycles. The molecule has 0 aliphatic rings. The Labute approximate surface area is 75.9 Å². The van der Waals surface area contributed by atoms with E-state index in [1.54, 1.807) is 4.68 Å². The largest absolute Gasteiger partial charge is 0.277 e. The maximum absolute atomic E-state index is 10.3. The Bertz CT molecular complexity index is 445. The molecule has 3 heteroatoms. The van der Waals surface area contributed by atoms with Gasteiger partial charge in [-0.1, -0.05) is 18.2 Å². The van der Waals surface area contributed by atoms with Crippen LogP contribution in [-0.2, 0) is 4.79 Å². The van der Waals surface area contributed by atoms with Crippen LogP contribution in [0.15, 0.2) is 30.5 Å². The highest BCUT2D eigenvalue weighted by Crippen LogP contribution is 2.18. The van der Waals surface area contributed by atoms with Crippen LogP contribution < -0.4 is 5.43 Å². The van der Waals surface area contributed by atoms with Gasteiger partial charge >= 0.3 is 0 Å². The third-order valence-electron chi connectivity index (χ3n) is 2.10. The Balaban J connectivity index is 2.70. The van der Waals surface area contributed by atoms with Gasteiger partial charge in [0.05, 0.1) is 5.52 Å². The lowest BCUT2D eigenvalue weighted by Crippen LogP contribution is -2.10. The number of carbonyl (C=O) groups excluding carboxylic acids is 1. The van der Waals surface area contributed by atoms with Crippen LogP contribution >= 0.6 is 0 Å². The summed E-state index contributed by atoms with van der Waals surface area (Å²) in [5.74, 6) is 0. The van der Waals surface area contributed by atoms with Gasteiger partial charge in [0, 0.05) is 11.6 Å². The number of aryl methyl sites for hydroxylation is 1. The second-order valence-electron chi connectivity index (χ2n) is 2.95. The molecular weight excluding hydrogens is 164 g/mol. The van der Waals surface area contributed by atoms with Crippen LogP contribution in [0.25, 0.3) is 10.9 Å². The highest BCUT2D eigenvalue weighted by molar-refractivity contribution is 5.84. The minimum absolute atomic E-state index is 0.673. The molecule has 0 unspecified atom stereocenters. The minimum Gasteiger partial charge on any atom is -0.277 e. The molecule has 13 heavy (non-hydrogen) atoms. The van der Waals surface area contributed by atoms with Gasteiger partial charge in [-0.3, -0.25) is 14.9 Å². The molecule has 0 saturated heterocycles. The highest BCUT2D eigenvalue weighted by Gasteiger charge is 2.02. The number of aromatic nitrogens is 1. The van der Waals surface area contributed by atoms with E-state index in [4.69, 9.17) is 0 Å². The van der Waals surface area contributed by atoms with Crippen molar-refractivity contribution in [3.05, 3.63) is 36.0 Å². The summed E-state index contributed by atoms with van der Waals surface area (Å²) in [4.78, 5) is 10.3. The highest BCUT2D eigenvalue weighted by atomic mass is 16.1. The first-order valence-corrected chi connectivity index (χ1v) is 4.10. The number of fused-ring (bicyclic) bond motifs is 1. The van der Waals surface area contributed by atoms with E-state index in [0.29, 0.717) is 6.41 Å². The summed E-state index contributed by atoms with van der Waals surface area (Å²) < 4.78 is 1.72. The fourth-order valence-electron chi connectivity index (χ4n) is 1.51. The van der Waals surface area contributed by atoms with Crippen LogP contribution in [0.3, 0.4) is 0 Å². The SMILES string of the molecule is Cc1cn(NC=O)c2ccccc12. The van der Waals surface area contributed by atoms with Gasteiger partial charge < -0.3 is 0 Å². The second-order valence-corrected chi connectivity index (χ2v) is 2.95. The van der Waals surface area contributed by atoms with Gasteiger partial charge in [-0.25, -0.2) is 0 Å². The van der Waals surface area contributed by atoms with Crippen LogP contribution in [-0.4, -0.2) is 11.1 Å². The smallest absolute Gasteiger partial charge is 0.226 e. The molecule has 0 bridgehead atoms. The van der Waals surface area contributed by atoms with E-state index < -0.39 is 0 Å². The molecule has 1 amide bonds. The number of rotatable bonds is 2. The first kappa shape index (κ1) is 7.86. The van der Waals surface area contributed by atoms with E-state index in [9.17, 15) is 4.79 Å². The number of para-hydroxylation sites is 1. The third-order valence-corrected chi connectivity index (χ3v) is 2.10. The van der Waals surface area contributed by atoms with Crippen LogP contribution in [0.2, 0.25) is 0 Å². The summed E-state index contributed by atoms with van der Waals surface area (Å²) >= 11 is 0. The first-order valence-electron chi connectivity index (χ1n) is 4.10. The maximum Gasteiger partial charge on any atom is 0.226 e. The molecule has 0 aliphatic heterocycles. The van der Waals surface area contributed by atoms with E-state index in [1.165, 1.54) is 0 Å². The Hall–Kier alpha value is -1.77. The molecule has 0 spiro atoms. The number of nitrogens with zero attached hydrogens (tertiary/aromatic N) is 1. The van der Waals surface area contributed by atoms with Crippen molar-refractivity contribution < 1.29 is 4.79 Å². The Kier molecular flexibility index (Phi) is 1.77. The van der Waals surface area contributed by atoms with E-state index in [0.717, 1.165) is 16.5 Å². The molecule has 1 aromatic carbocycles. The second kappa shape index (κ2) is 2.94. The van der Waals surface area contributed by atoms with Gasteiger partial charge in [-0.15, -0.1) is 0 Å². The van der Waals surface area contributed by atoms with Crippen LogP contribution in [0, 0.1) is 6.92 Å². The fourth-order valence-corrected chi connectivity index (χ4v) is 1.51. The normalized spacial score (nSPS) is 10.2. The lowest BCUT2D eigenvalue weighted by atomic mass is 10.2. The number of amides is 1. The quantitative estimate of drug-likeness (QED) is 0.690. The van der Waals surface area contributed by atoms with Crippen molar-refractivity contribution in [3.63, 3.8) is 0 Å². The molecule has 0 radical (unpaired) electrons. The summed E-state index contributed by atoms with van der Waals surface area (Å²) in [5, 5.41) is 1.16. The van der Waals surface area contributed by atoms with Gasteiger partial charge in [-0.05, 0) is 18.6 Å². The van der Waals surface area contributed by atoms with Crippen molar-refractivity contribution in [2.75, 3.05) is 5.43 Å². The van der Waals surface area contributed by atoms with Crippen molar-refractivity contribution in [2.24, 2.45) is 0 Å². The van der Waals surface area contributed by atoms with E-state index >= 15 is 0 Å². The van der Waals surface area contributed by atoms with Crippen molar-refractivity contribution in [2.45, 2.75) is 6.92 Å². The van der Waals surface area contributed by atoms with E-state index in [1.807, 2.05) is 37.4 Å². The fraction of sp³-hybridized carbons (Fsp3) is 0.100. The first-order chi connectivity index (χ1) is 6.33. The Morgan fingerprint density at radius 1 is 1.38 bits per heavy atom. The summed E-state index contributed by atoms with van der Waals surface area (Å²) in [6.07, 6.45) is 2.57. The van der Waals surface area contributed by atoms with Crippen molar-refractivity contribution in [3.8, 4) is 0 Å². The zero-order chi connectivity index (χ0) is 9.26. The molecule has 0 fully saturated rings. The molecule has 2 rings (SSSR count).